The lowest BCUT2D eigenvalue weighted by atomic mass is 11.9. The zero-order chi connectivity index (χ0) is 4.28. The number of rotatable bonds is 1. The first-order valence-electron chi connectivity index (χ1n) is 1.16. The molecule has 0 rings (SSSR count). The highest BCUT2D eigenvalue weighted by Crippen LogP contribution is 1.94. The fourth-order valence-electron chi connectivity index (χ4n) is 0. The Kier molecular flexibility index (Phi) is 4.11. The van der Waals surface area contributed by atoms with E-state index in [0.29, 0.717) is 5.38 Å². The van der Waals surface area contributed by atoms with E-state index in [1.807, 2.05) is 0 Å². The summed E-state index contributed by atoms with van der Waals surface area (Å²) in [5.41, 5.74) is 0. The van der Waals surface area contributed by atoms with E-state index in [2.05, 4.69) is 12.6 Å². The zero-order valence-electron chi connectivity index (χ0n) is 2.49. The summed E-state index contributed by atoms with van der Waals surface area (Å²) in [5.74, 6) is 0. The van der Waals surface area contributed by atoms with Crippen LogP contribution in [0.1, 0.15) is 0 Å². The van der Waals surface area contributed by atoms with Crippen LogP contribution < -0.4 is 0 Å². The molecule has 4 heteroatoms. The summed E-state index contributed by atoms with van der Waals surface area (Å²) in [7, 11) is -1.34. The van der Waals surface area contributed by atoms with Gasteiger partial charge in [0.25, 0.3) is 0 Å². The second-order valence-corrected chi connectivity index (χ2v) is 6.65. The van der Waals surface area contributed by atoms with Gasteiger partial charge in [0.2, 0.25) is 7.42 Å². The van der Waals surface area contributed by atoms with Crippen LogP contribution in [0.5, 0.6) is 0 Å². The molecule has 0 aromatic carbocycles. The van der Waals surface area contributed by atoms with Gasteiger partial charge in [0, 0.05) is 5.38 Å². The van der Waals surface area contributed by atoms with Crippen molar-refractivity contribution in [2.75, 3.05) is 5.38 Å². The molecule has 0 saturated heterocycles. The summed E-state index contributed by atoms with van der Waals surface area (Å²) < 4.78 is 0. The van der Waals surface area contributed by atoms with Crippen LogP contribution in [0.4, 0.5) is 0 Å². The van der Waals surface area contributed by atoms with E-state index in [1.165, 1.54) is 0 Å². The van der Waals surface area contributed by atoms with Crippen LogP contribution in [0.15, 0.2) is 0 Å². The van der Waals surface area contributed by atoms with Crippen molar-refractivity contribution in [1.29, 1.82) is 0 Å². The van der Waals surface area contributed by atoms with Crippen molar-refractivity contribution in [2.24, 2.45) is 0 Å². The van der Waals surface area contributed by atoms with Gasteiger partial charge in [-0.1, -0.05) is 0 Å². The molecule has 0 bridgehead atoms. The van der Waals surface area contributed by atoms with Crippen LogP contribution in [0.25, 0.3) is 0 Å². The SMILES string of the molecule is SC[SiH](Cl)Cl. The monoisotopic (exact) mass is 146 g/mol. The van der Waals surface area contributed by atoms with Gasteiger partial charge in [-0.3, -0.25) is 0 Å². The highest BCUT2D eigenvalue weighted by molar-refractivity contribution is 7.83. The molecular formula is CH4Cl2SSi. The molecule has 0 nitrogen and oxygen atoms in total. The standard InChI is InChI=1S/CH4Cl2SSi/c2-5(3)1-4/h4-5H,1H2. The third-order valence-corrected chi connectivity index (χ3v) is 3.73. The summed E-state index contributed by atoms with van der Waals surface area (Å²) in [5, 5.41) is 0.670. The van der Waals surface area contributed by atoms with Crippen molar-refractivity contribution in [2.45, 2.75) is 0 Å². The molecule has 0 radical (unpaired) electrons. The summed E-state index contributed by atoms with van der Waals surface area (Å²) in [4.78, 5) is 0. The van der Waals surface area contributed by atoms with Crippen LogP contribution >= 0.6 is 34.8 Å². The second kappa shape index (κ2) is 3.34. The maximum Gasteiger partial charge on any atom is 0.246 e. The topological polar surface area (TPSA) is 0 Å². The second-order valence-electron chi connectivity index (χ2n) is 0.574. The minimum atomic E-state index is -1.34. The lowest BCUT2D eigenvalue weighted by Gasteiger charge is -1.80. The molecule has 32 valence electrons. The van der Waals surface area contributed by atoms with Gasteiger partial charge in [-0.2, -0.15) is 12.6 Å². The van der Waals surface area contributed by atoms with Gasteiger partial charge < -0.3 is 0 Å². The Morgan fingerprint density at radius 2 is 1.80 bits per heavy atom. The van der Waals surface area contributed by atoms with E-state index >= 15 is 0 Å². The summed E-state index contributed by atoms with van der Waals surface area (Å²) in [6, 6.07) is 0. The van der Waals surface area contributed by atoms with Gasteiger partial charge in [-0.05, 0) is 0 Å². The van der Waals surface area contributed by atoms with E-state index in [1.54, 1.807) is 0 Å². The Morgan fingerprint density at radius 1 is 1.60 bits per heavy atom. The average Bonchev–Trinajstić information content (AvgIpc) is 1.38. The van der Waals surface area contributed by atoms with Crippen molar-refractivity contribution in [3.05, 3.63) is 0 Å². The van der Waals surface area contributed by atoms with Crippen molar-refractivity contribution in [1.82, 2.24) is 0 Å². The lowest BCUT2D eigenvalue weighted by molar-refractivity contribution is 2.23. The predicted octanol–water partition coefficient (Wildman–Crippen LogP) is 1.15. The normalized spacial score (nSPS) is 9.60. The quantitative estimate of drug-likeness (QED) is 0.321. The van der Waals surface area contributed by atoms with E-state index in [0.717, 1.165) is 0 Å². The number of hydrogen-bond acceptors (Lipinski definition) is 1. The molecule has 0 heterocycles. The van der Waals surface area contributed by atoms with E-state index in [-0.39, 0.29) is 0 Å². The Balaban J connectivity index is 2.54. The fraction of sp³-hybridized carbons (Fsp3) is 1.00. The number of halogens is 2. The molecule has 0 fully saturated rings. The largest absolute Gasteiger partial charge is 0.246 e. The van der Waals surface area contributed by atoms with Gasteiger partial charge in [0.05, 0.1) is 0 Å². The molecule has 0 saturated carbocycles. The molecule has 0 atom stereocenters. The molecule has 5 heavy (non-hydrogen) atoms. The highest BCUT2D eigenvalue weighted by atomic mass is 35.7. The van der Waals surface area contributed by atoms with Gasteiger partial charge in [-0.25, -0.2) is 0 Å². The van der Waals surface area contributed by atoms with E-state index in [4.69, 9.17) is 22.2 Å². The van der Waals surface area contributed by atoms with E-state index in [9.17, 15) is 0 Å². The molecule has 0 amide bonds. The predicted molar refractivity (Wildman–Crippen MR) is 32.7 cm³/mol. The first-order valence-corrected chi connectivity index (χ1v) is 6.10. The zero-order valence-corrected chi connectivity index (χ0v) is 6.05. The van der Waals surface area contributed by atoms with Gasteiger partial charge in [-0.15, -0.1) is 22.2 Å². The highest BCUT2D eigenvalue weighted by Gasteiger charge is 1.92. The number of hydrogen-bond donors (Lipinski definition) is 1. The molecule has 0 aliphatic carbocycles. The summed E-state index contributed by atoms with van der Waals surface area (Å²) in [6.45, 7) is 0. The third-order valence-electron chi connectivity index (χ3n) is 0.138. The Morgan fingerprint density at radius 3 is 1.80 bits per heavy atom. The van der Waals surface area contributed by atoms with Crippen LogP contribution in [0.2, 0.25) is 0 Å². The van der Waals surface area contributed by atoms with Crippen molar-refractivity contribution in [3.8, 4) is 0 Å². The van der Waals surface area contributed by atoms with Crippen molar-refractivity contribution in [3.63, 3.8) is 0 Å². The Hall–Kier alpha value is 1.15. The maximum absolute atomic E-state index is 5.29. The van der Waals surface area contributed by atoms with Crippen LogP contribution in [-0.4, -0.2) is 12.8 Å². The summed E-state index contributed by atoms with van der Waals surface area (Å²) >= 11 is 14.4. The maximum atomic E-state index is 5.29. The first-order chi connectivity index (χ1) is 2.27. The minimum absolute atomic E-state index is 0.670. The minimum Gasteiger partial charge on any atom is -0.180 e. The molecule has 0 aromatic rings. The fourth-order valence-corrected chi connectivity index (χ4v) is 0. The smallest absolute Gasteiger partial charge is 0.180 e. The lowest BCUT2D eigenvalue weighted by Crippen LogP contribution is -1.91. The number of thiol groups is 1. The summed E-state index contributed by atoms with van der Waals surface area (Å²) in [6.07, 6.45) is 0. The molecule has 0 aliphatic rings. The van der Waals surface area contributed by atoms with Gasteiger partial charge in [0.1, 0.15) is 0 Å². The van der Waals surface area contributed by atoms with Crippen molar-refractivity contribution >= 4 is 42.2 Å². The van der Waals surface area contributed by atoms with Gasteiger partial charge in [0.15, 0.2) is 0 Å². The molecule has 0 aromatic heterocycles. The molecule has 0 spiro atoms. The average molecular weight is 147 g/mol. The third kappa shape index (κ3) is 5.15. The Bertz CT molecular complexity index is 23.6. The van der Waals surface area contributed by atoms with Crippen LogP contribution in [0.3, 0.4) is 0 Å². The van der Waals surface area contributed by atoms with Crippen LogP contribution in [-0.2, 0) is 0 Å². The van der Waals surface area contributed by atoms with E-state index < -0.39 is 7.42 Å². The Labute approximate surface area is 47.9 Å². The molecule has 0 N–H and O–H groups in total. The van der Waals surface area contributed by atoms with Crippen LogP contribution in [0, 0.1) is 0 Å². The van der Waals surface area contributed by atoms with Gasteiger partial charge >= 0.3 is 0 Å². The molecule has 0 unspecified atom stereocenters. The molecule has 0 aliphatic heterocycles. The molecular weight excluding hydrogens is 143 g/mol. The first kappa shape index (κ1) is 6.15. The van der Waals surface area contributed by atoms with Crippen molar-refractivity contribution < 1.29 is 0 Å².